The number of nitrogens with one attached hydrogen (secondary N) is 1. The van der Waals surface area contributed by atoms with Crippen LogP contribution in [0, 0.1) is 17.0 Å². The van der Waals surface area contributed by atoms with Crippen molar-refractivity contribution >= 4 is 22.3 Å². The first-order valence-electron chi connectivity index (χ1n) is 6.41. The smallest absolute Gasteiger partial charge is 0.295 e. The Hall–Kier alpha value is -2.21. The molecule has 0 radical (unpaired) electrons. The average molecular weight is 275 g/mol. The van der Waals surface area contributed by atoms with Crippen LogP contribution in [0.25, 0.3) is 10.9 Å². The number of methoxy groups -OCH3 is 1. The lowest BCUT2D eigenvalue weighted by Gasteiger charge is -2.10. The zero-order chi connectivity index (χ0) is 14.5. The summed E-state index contributed by atoms with van der Waals surface area (Å²) in [6.45, 7) is 3.25. The molecule has 0 atom stereocenters. The molecule has 0 fully saturated rings. The van der Waals surface area contributed by atoms with Gasteiger partial charge < -0.3 is 10.1 Å². The zero-order valence-corrected chi connectivity index (χ0v) is 11.5. The summed E-state index contributed by atoms with van der Waals surface area (Å²) in [5.74, 6) is 0. The fourth-order valence-corrected chi connectivity index (χ4v) is 2.09. The quantitative estimate of drug-likeness (QED) is 0.498. The Balaban J connectivity index is 2.39. The average Bonchev–Trinajstić information content (AvgIpc) is 2.42. The number of nitro groups is 1. The fraction of sp³-hybridized carbons (Fsp3) is 0.357. The molecule has 2 rings (SSSR count). The van der Waals surface area contributed by atoms with Crippen LogP contribution in [0.3, 0.4) is 0 Å². The lowest BCUT2D eigenvalue weighted by molar-refractivity contribution is -0.383. The molecule has 0 aliphatic heterocycles. The Morgan fingerprint density at radius 1 is 1.45 bits per heavy atom. The summed E-state index contributed by atoms with van der Waals surface area (Å²) < 4.78 is 5.00. The molecule has 20 heavy (non-hydrogen) atoms. The number of aromatic nitrogens is 1. The van der Waals surface area contributed by atoms with Gasteiger partial charge in [0.2, 0.25) is 0 Å². The zero-order valence-electron chi connectivity index (χ0n) is 11.5. The van der Waals surface area contributed by atoms with Gasteiger partial charge in [-0.3, -0.25) is 10.1 Å². The molecule has 0 unspecified atom stereocenters. The molecule has 106 valence electrons. The van der Waals surface area contributed by atoms with Crippen LogP contribution >= 0.6 is 0 Å². The van der Waals surface area contributed by atoms with Crippen molar-refractivity contribution in [1.29, 1.82) is 0 Å². The molecule has 1 aromatic carbocycles. The Kier molecular flexibility index (Phi) is 4.47. The van der Waals surface area contributed by atoms with Crippen molar-refractivity contribution in [2.45, 2.75) is 13.3 Å². The van der Waals surface area contributed by atoms with Gasteiger partial charge in [0, 0.05) is 43.1 Å². The third-order valence-electron chi connectivity index (χ3n) is 2.98. The molecule has 0 saturated heterocycles. The number of rotatable bonds is 6. The number of anilines is 1. The van der Waals surface area contributed by atoms with Crippen LogP contribution in [0.5, 0.6) is 0 Å². The third kappa shape index (κ3) is 3.03. The maximum atomic E-state index is 11.1. The van der Waals surface area contributed by atoms with E-state index in [2.05, 4.69) is 10.3 Å². The number of hydrogen-bond acceptors (Lipinski definition) is 5. The second-order valence-electron chi connectivity index (χ2n) is 4.51. The number of fused-ring (bicyclic) bond motifs is 1. The van der Waals surface area contributed by atoms with Gasteiger partial charge in [-0.2, -0.15) is 0 Å². The van der Waals surface area contributed by atoms with E-state index in [0.29, 0.717) is 12.1 Å². The summed E-state index contributed by atoms with van der Waals surface area (Å²) in [7, 11) is 1.66. The molecule has 1 N–H and O–H groups in total. The molecular formula is C14H17N3O3. The molecule has 1 aromatic heterocycles. The number of non-ortho nitro benzene ring substituents is 1. The number of pyridine rings is 1. The number of aryl methyl sites for hydroxylation is 1. The Bertz CT molecular complexity index is 628. The number of benzene rings is 1. The summed E-state index contributed by atoms with van der Waals surface area (Å²) in [5.41, 5.74) is 2.08. The third-order valence-corrected chi connectivity index (χ3v) is 2.98. The first-order chi connectivity index (χ1) is 9.63. The molecular weight excluding hydrogens is 258 g/mol. The Morgan fingerprint density at radius 3 is 2.95 bits per heavy atom. The van der Waals surface area contributed by atoms with Crippen LogP contribution in [-0.4, -0.2) is 30.2 Å². The molecule has 0 amide bonds. The SMILES string of the molecule is COCCCNc1cc(C)nc2c([N+](=O)[O-])cccc12. The first kappa shape index (κ1) is 14.2. The Labute approximate surface area is 116 Å². The van der Waals surface area contributed by atoms with Crippen molar-refractivity contribution in [3.8, 4) is 0 Å². The van der Waals surface area contributed by atoms with Crippen molar-refractivity contribution < 1.29 is 9.66 Å². The summed E-state index contributed by atoms with van der Waals surface area (Å²) in [5, 5.41) is 15.1. The van der Waals surface area contributed by atoms with Gasteiger partial charge in [-0.05, 0) is 19.4 Å². The molecule has 0 saturated carbocycles. The van der Waals surface area contributed by atoms with Gasteiger partial charge in [0.25, 0.3) is 5.69 Å². The monoisotopic (exact) mass is 275 g/mol. The summed E-state index contributed by atoms with van der Waals surface area (Å²) in [4.78, 5) is 15.0. The van der Waals surface area contributed by atoms with Crippen LogP contribution < -0.4 is 5.32 Å². The normalized spacial score (nSPS) is 10.7. The largest absolute Gasteiger partial charge is 0.385 e. The molecule has 0 aliphatic carbocycles. The van der Waals surface area contributed by atoms with E-state index in [9.17, 15) is 10.1 Å². The van der Waals surface area contributed by atoms with Gasteiger partial charge in [-0.25, -0.2) is 4.98 Å². The van der Waals surface area contributed by atoms with E-state index in [1.807, 2.05) is 19.1 Å². The van der Waals surface area contributed by atoms with Crippen LogP contribution in [0.1, 0.15) is 12.1 Å². The molecule has 0 aliphatic rings. The van der Waals surface area contributed by atoms with Crippen molar-refractivity contribution in [3.63, 3.8) is 0 Å². The van der Waals surface area contributed by atoms with Crippen molar-refractivity contribution in [1.82, 2.24) is 4.98 Å². The number of ether oxygens (including phenoxy) is 1. The van der Waals surface area contributed by atoms with Crippen LogP contribution in [-0.2, 0) is 4.74 Å². The minimum absolute atomic E-state index is 0.0335. The van der Waals surface area contributed by atoms with Crippen LogP contribution in [0.15, 0.2) is 24.3 Å². The highest BCUT2D eigenvalue weighted by Crippen LogP contribution is 2.29. The second kappa shape index (κ2) is 6.29. The minimum Gasteiger partial charge on any atom is -0.385 e. The van der Waals surface area contributed by atoms with E-state index in [1.165, 1.54) is 6.07 Å². The van der Waals surface area contributed by atoms with E-state index in [1.54, 1.807) is 13.2 Å². The highest BCUT2D eigenvalue weighted by Gasteiger charge is 2.15. The lowest BCUT2D eigenvalue weighted by atomic mass is 10.1. The topological polar surface area (TPSA) is 77.3 Å². The summed E-state index contributed by atoms with van der Waals surface area (Å²) in [6.07, 6.45) is 0.869. The maximum Gasteiger partial charge on any atom is 0.295 e. The van der Waals surface area contributed by atoms with E-state index in [0.717, 1.165) is 29.7 Å². The number of para-hydroxylation sites is 1. The van der Waals surface area contributed by atoms with Gasteiger partial charge in [0.15, 0.2) is 5.52 Å². The highest BCUT2D eigenvalue weighted by atomic mass is 16.6. The summed E-state index contributed by atoms with van der Waals surface area (Å²) >= 11 is 0. The molecule has 2 aromatic rings. The first-order valence-corrected chi connectivity index (χ1v) is 6.41. The van der Waals surface area contributed by atoms with Crippen molar-refractivity contribution in [2.24, 2.45) is 0 Å². The van der Waals surface area contributed by atoms with E-state index < -0.39 is 4.92 Å². The second-order valence-corrected chi connectivity index (χ2v) is 4.51. The molecule has 6 nitrogen and oxygen atoms in total. The summed E-state index contributed by atoms with van der Waals surface area (Å²) in [6, 6.07) is 6.90. The van der Waals surface area contributed by atoms with E-state index in [4.69, 9.17) is 4.74 Å². The molecule has 0 bridgehead atoms. The van der Waals surface area contributed by atoms with Gasteiger partial charge in [-0.15, -0.1) is 0 Å². The fourth-order valence-electron chi connectivity index (χ4n) is 2.09. The van der Waals surface area contributed by atoms with Gasteiger partial charge in [0.1, 0.15) is 0 Å². The maximum absolute atomic E-state index is 11.1. The number of nitrogens with zero attached hydrogens (tertiary/aromatic N) is 2. The van der Waals surface area contributed by atoms with Gasteiger partial charge >= 0.3 is 0 Å². The van der Waals surface area contributed by atoms with Gasteiger partial charge in [-0.1, -0.05) is 12.1 Å². The van der Waals surface area contributed by atoms with E-state index in [-0.39, 0.29) is 5.69 Å². The van der Waals surface area contributed by atoms with E-state index >= 15 is 0 Å². The minimum atomic E-state index is -0.399. The van der Waals surface area contributed by atoms with Crippen LogP contribution in [0.4, 0.5) is 11.4 Å². The predicted molar refractivity (Wildman–Crippen MR) is 78.1 cm³/mol. The molecule has 6 heteroatoms. The number of hydrogen-bond donors (Lipinski definition) is 1. The van der Waals surface area contributed by atoms with Crippen LogP contribution in [0.2, 0.25) is 0 Å². The van der Waals surface area contributed by atoms with Gasteiger partial charge in [0.05, 0.1) is 4.92 Å². The Morgan fingerprint density at radius 2 is 2.25 bits per heavy atom. The molecule has 0 spiro atoms. The standard InChI is InChI=1S/C14H17N3O3/c1-10-9-12(15-7-4-8-20-2)11-5-3-6-13(17(18)19)14(11)16-10/h3,5-6,9H,4,7-8H2,1-2H3,(H,15,16). The van der Waals surface area contributed by atoms with Crippen molar-refractivity contribution in [2.75, 3.05) is 25.6 Å². The lowest BCUT2D eigenvalue weighted by Crippen LogP contribution is -2.06. The van der Waals surface area contributed by atoms with Crippen molar-refractivity contribution in [3.05, 3.63) is 40.1 Å². The molecule has 1 heterocycles. The highest BCUT2D eigenvalue weighted by molar-refractivity contribution is 5.96. The predicted octanol–water partition coefficient (Wildman–Crippen LogP) is 2.90. The number of nitro benzene ring substituents is 1.